The van der Waals surface area contributed by atoms with Crippen LogP contribution in [0.25, 0.3) is 0 Å². The van der Waals surface area contributed by atoms with Gasteiger partial charge in [-0.05, 0) is 38.4 Å². The van der Waals surface area contributed by atoms with Gasteiger partial charge in [0.15, 0.2) is 5.60 Å². The zero-order valence-electron chi connectivity index (χ0n) is 19.2. The fraction of sp³-hybridized carbons (Fsp3) is 0.650. The molecule has 1 amide bonds. The standard InChI is InChI=1S/C18H26N4O4S2.C2HF3O2/c1-20(2)14-5-8-21(9-6-14)17(23)15-12-18(26-19-15)7-10-22(13-18)28(24,25)16-4-3-11-27-16;3-2(4,5)1(6)7/h3-4,11,14H,5-10,12-13H2,1-2H3;(H,6,7). The summed E-state index contributed by atoms with van der Waals surface area (Å²) < 4.78 is 59.0. The minimum atomic E-state index is -5.08. The number of oxime groups is 1. The second-order valence-corrected chi connectivity index (χ2v) is 11.9. The van der Waals surface area contributed by atoms with Crippen molar-refractivity contribution in [2.45, 2.75) is 47.7 Å². The summed E-state index contributed by atoms with van der Waals surface area (Å²) in [6.07, 6.45) is -2.27. The van der Waals surface area contributed by atoms with E-state index in [0.29, 0.717) is 48.4 Å². The molecule has 0 bridgehead atoms. The molecule has 1 spiro atoms. The first-order valence-corrected chi connectivity index (χ1v) is 13.1. The Morgan fingerprint density at radius 2 is 1.89 bits per heavy atom. The van der Waals surface area contributed by atoms with Gasteiger partial charge in [-0.25, -0.2) is 13.2 Å². The number of piperidine rings is 1. The number of carboxylic acids is 1. The third-order valence-corrected chi connectivity index (χ3v) is 9.40. The third kappa shape index (κ3) is 6.32. The van der Waals surface area contributed by atoms with Crippen molar-refractivity contribution in [3.8, 4) is 0 Å². The molecule has 0 saturated carbocycles. The summed E-state index contributed by atoms with van der Waals surface area (Å²) in [5.74, 6) is -2.83. The third-order valence-electron chi connectivity index (χ3n) is 6.18. The van der Waals surface area contributed by atoms with Crippen LogP contribution in [0, 0.1) is 0 Å². The molecule has 15 heteroatoms. The van der Waals surface area contributed by atoms with Gasteiger partial charge in [0.1, 0.15) is 9.92 Å². The van der Waals surface area contributed by atoms with Crippen molar-refractivity contribution in [2.75, 3.05) is 40.3 Å². The van der Waals surface area contributed by atoms with Crippen LogP contribution in [0.2, 0.25) is 0 Å². The van der Waals surface area contributed by atoms with E-state index < -0.39 is 27.8 Å². The van der Waals surface area contributed by atoms with E-state index in [1.165, 1.54) is 15.6 Å². The van der Waals surface area contributed by atoms with Gasteiger partial charge in [0.05, 0.1) is 6.54 Å². The lowest BCUT2D eigenvalue weighted by molar-refractivity contribution is -0.192. The number of likely N-dealkylation sites (tertiary alicyclic amines) is 1. The van der Waals surface area contributed by atoms with E-state index in [4.69, 9.17) is 14.7 Å². The van der Waals surface area contributed by atoms with E-state index in [9.17, 15) is 26.4 Å². The maximum absolute atomic E-state index is 12.9. The minimum Gasteiger partial charge on any atom is -0.475 e. The highest BCUT2D eigenvalue weighted by Crippen LogP contribution is 2.37. The Bertz CT molecular complexity index is 1050. The molecule has 1 aromatic heterocycles. The van der Waals surface area contributed by atoms with E-state index in [2.05, 4.69) is 24.2 Å². The fourth-order valence-electron chi connectivity index (χ4n) is 4.17. The summed E-state index contributed by atoms with van der Waals surface area (Å²) in [5.41, 5.74) is -0.296. The number of carbonyl (C=O) groups is 2. The first-order chi connectivity index (χ1) is 16.2. The van der Waals surface area contributed by atoms with E-state index in [0.717, 1.165) is 12.8 Å². The molecule has 1 N–H and O–H groups in total. The Kier molecular flexibility index (Phi) is 8.13. The molecule has 4 heterocycles. The predicted molar refractivity (Wildman–Crippen MR) is 121 cm³/mol. The largest absolute Gasteiger partial charge is 0.490 e. The molecule has 35 heavy (non-hydrogen) atoms. The van der Waals surface area contributed by atoms with Crippen LogP contribution in [-0.2, 0) is 24.4 Å². The van der Waals surface area contributed by atoms with Crippen LogP contribution in [0.3, 0.4) is 0 Å². The number of hydrogen-bond donors (Lipinski definition) is 1. The van der Waals surface area contributed by atoms with Gasteiger partial charge in [-0.3, -0.25) is 4.79 Å². The number of sulfonamides is 1. The van der Waals surface area contributed by atoms with Crippen molar-refractivity contribution in [3.05, 3.63) is 17.5 Å². The first kappa shape index (κ1) is 27.4. The molecule has 0 aliphatic carbocycles. The quantitative estimate of drug-likeness (QED) is 0.619. The molecule has 1 unspecified atom stereocenters. The Morgan fingerprint density at radius 1 is 1.26 bits per heavy atom. The summed E-state index contributed by atoms with van der Waals surface area (Å²) in [5, 5.41) is 13.0. The number of amides is 1. The number of nitrogens with zero attached hydrogens (tertiary/aromatic N) is 4. The molecule has 196 valence electrons. The van der Waals surface area contributed by atoms with E-state index in [1.807, 2.05) is 4.90 Å². The van der Waals surface area contributed by atoms with E-state index in [-0.39, 0.29) is 12.5 Å². The highest BCUT2D eigenvalue weighted by molar-refractivity contribution is 7.91. The highest BCUT2D eigenvalue weighted by Gasteiger charge is 2.50. The number of carboxylic acid groups (broad SMARTS) is 1. The molecule has 0 radical (unpaired) electrons. The molecule has 1 aromatic rings. The van der Waals surface area contributed by atoms with Gasteiger partial charge in [0.2, 0.25) is 0 Å². The summed E-state index contributed by atoms with van der Waals surface area (Å²) in [6.45, 7) is 2.04. The van der Waals surface area contributed by atoms with Crippen LogP contribution < -0.4 is 0 Å². The summed E-state index contributed by atoms with van der Waals surface area (Å²) in [7, 11) is 0.622. The highest BCUT2D eigenvalue weighted by atomic mass is 32.2. The molecular weight excluding hydrogens is 513 g/mol. The molecular formula is C20H27F3N4O6S2. The molecule has 2 fully saturated rings. The molecule has 2 saturated heterocycles. The van der Waals surface area contributed by atoms with Crippen LogP contribution in [-0.4, -0.2) is 103 Å². The van der Waals surface area contributed by atoms with Crippen molar-refractivity contribution >= 4 is 38.9 Å². The van der Waals surface area contributed by atoms with Crippen molar-refractivity contribution in [2.24, 2.45) is 5.16 Å². The maximum Gasteiger partial charge on any atom is 0.490 e. The second-order valence-electron chi connectivity index (χ2n) is 8.80. The van der Waals surface area contributed by atoms with Gasteiger partial charge in [-0.2, -0.15) is 17.5 Å². The first-order valence-electron chi connectivity index (χ1n) is 10.8. The van der Waals surface area contributed by atoms with Gasteiger partial charge >= 0.3 is 12.1 Å². The average molecular weight is 541 g/mol. The van der Waals surface area contributed by atoms with Gasteiger partial charge in [-0.15, -0.1) is 11.3 Å². The smallest absolute Gasteiger partial charge is 0.475 e. The number of aliphatic carboxylic acids is 1. The molecule has 3 aliphatic heterocycles. The molecule has 0 aromatic carbocycles. The van der Waals surface area contributed by atoms with Crippen molar-refractivity contribution in [1.29, 1.82) is 0 Å². The number of alkyl halides is 3. The molecule has 3 aliphatic rings. The van der Waals surface area contributed by atoms with Gasteiger partial charge in [-0.1, -0.05) is 11.2 Å². The summed E-state index contributed by atoms with van der Waals surface area (Å²) in [6, 6.07) is 3.85. The topological polar surface area (TPSA) is 120 Å². The number of hydrogen-bond acceptors (Lipinski definition) is 8. The Labute approximate surface area is 205 Å². The van der Waals surface area contributed by atoms with Gasteiger partial charge in [0.25, 0.3) is 15.9 Å². The van der Waals surface area contributed by atoms with Crippen molar-refractivity contribution < 1.29 is 41.1 Å². The monoisotopic (exact) mass is 540 g/mol. The molecule has 4 rings (SSSR count). The lowest BCUT2D eigenvalue weighted by atomic mass is 9.95. The van der Waals surface area contributed by atoms with E-state index in [1.54, 1.807) is 17.5 Å². The molecule has 1 atom stereocenters. The number of rotatable bonds is 4. The summed E-state index contributed by atoms with van der Waals surface area (Å²) in [4.78, 5) is 31.5. The maximum atomic E-state index is 12.9. The number of carbonyl (C=O) groups excluding carboxylic acids is 1. The van der Waals surface area contributed by atoms with Gasteiger partial charge < -0.3 is 19.7 Å². The number of halogens is 3. The second kappa shape index (κ2) is 10.4. The van der Waals surface area contributed by atoms with E-state index >= 15 is 0 Å². The predicted octanol–water partition coefficient (Wildman–Crippen LogP) is 1.84. The Morgan fingerprint density at radius 3 is 2.40 bits per heavy atom. The normalized spacial score (nSPS) is 23.7. The minimum absolute atomic E-state index is 0.0753. The van der Waals surface area contributed by atoms with Crippen LogP contribution in [0.4, 0.5) is 13.2 Å². The Balaban J connectivity index is 0.000000429. The Hall–Kier alpha value is -2.23. The zero-order valence-corrected chi connectivity index (χ0v) is 20.8. The molecule has 10 nitrogen and oxygen atoms in total. The SMILES string of the molecule is CN(C)C1CCN(C(=O)C2=NOC3(CCN(S(=O)(=O)c4cccs4)C3)C2)CC1.O=C(O)C(F)(F)F. The van der Waals surface area contributed by atoms with Crippen molar-refractivity contribution in [3.63, 3.8) is 0 Å². The lowest BCUT2D eigenvalue weighted by Crippen LogP contribution is -2.47. The van der Waals surface area contributed by atoms with Crippen LogP contribution in [0.5, 0.6) is 0 Å². The number of thiophene rings is 1. The van der Waals surface area contributed by atoms with Crippen LogP contribution >= 0.6 is 11.3 Å². The van der Waals surface area contributed by atoms with Crippen LogP contribution in [0.1, 0.15) is 25.7 Å². The zero-order chi connectivity index (χ0) is 26.0. The van der Waals surface area contributed by atoms with Gasteiger partial charge in [0, 0.05) is 38.5 Å². The lowest BCUT2D eigenvalue weighted by Gasteiger charge is -2.35. The fourth-order valence-corrected chi connectivity index (χ4v) is 6.83. The van der Waals surface area contributed by atoms with Crippen molar-refractivity contribution in [1.82, 2.24) is 14.1 Å². The average Bonchev–Trinajstić information content (AvgIpc) is 3.56. The van der Waals surface area contributed by atoms with Crippen LogP contribution in [0.15, 0.2) is 26.9 Å². The summed E-state index contributed by atoms with van der Waals surface area (Å²) >= 11 is 1.21.